The first kappa shape index (κ1) is 31.9. The van der Waals surface area contributed by atoms with Gasteiger partial charge in [0.15, 0.2) is 0 Å². The minimum Gasteiger partial charge on any atom is -0.354 e. The summed E-state index contributed by atoms with van der Waals surface area (Å²) >= 11 is 0. The summed E-state index contributed by atoms with van der Waals surface area (Å²) in [5.74, 6) is -0.718. The molecule has 0 bridgehead atoms. The van der Waals surface area contributed by atoms with Gasteiger partial charge in [-0.25, -0.2) is 8.42 Å². The molecule has 0 spiro atoms. The maximum Gasteiger partial charge on any atom is 0.244 e. The molecule has 1 atom stereocenters. The Morgan fingerprint density at radius 3 is 2.07 bits per heavy atom. The number of benzene rings is 3. The van der Waals surface area contributed by atoms with Gasteiger partial charge < -0.3 is 10.2 Å². The number of carbonyl (C=O) groups excluding carboxylic acids is 2. The van der Waals surface area contributed by atoms with Gasteiger partial charge in [0, 0.05) is 19.5 Å². The molecule has 220 valence electrons. The van der Waals surface area contributed by atoms with Crippen molar-refractivity contribution in [3.05, 3.63) is 101 Å². The van der Waals surface area contributed by atoms with Crippen LogP contribution >= 0.6 is 0 Å². The molecule has 0 aliphatic rings. The van der Waals surface area contributed by atoms with E-state index in [1.165, 1.54) is 4.90 Å². The highest BCUT2D eigenvalue weighted by atomic mass is 32.2. The van der Waals surface area contributed by atoms with Crippen molar-refractivity contribution in [2.75, 3.05) is 23.7 Å². The topological polar surface area (TPSA) is 86.8 Å². The third-order valence-electron chi connectivity index (χ3n) is 7.12. The number of aryl methyl sites for hydroxylation is 1. The van der Waals surface area contributed by atoms with E-state index in [4.69, 9.17) is 0 Å². The molecule has 2 amide bonds. The summed E-state index contributed by atoms with van der Waals surface area (Å²) in [6.45, 7) is 10.4. The number of nitrogens with zero attached hydrogens (tertiary/aromatic N) is 2. The number of amides is 2. The van der Waals surface area contributed by atoms with Crippen LogP contribution in [-0.4, -0.2) is 50.5 Å². The zero-order valence-electron chi connectivity index (χ0n) is 25.1. The number of hydrogen-bond acceptors (Lipinski definition) is 4. The minimum absolute atomic E-state index is 0.106. The lowest BCUT2D eigenvalue weighted by Crippen LogP contribution is -2.53. The molecule has 41 heavy (non-hydrogen) atoms. The Hall–Kier alpha value is -3.65. The summed E-state index contributed by atoms with van der Waals surface area (Å²) in [7, 11) is -3.81. The van der Waals surface area contributed by atoms with Crippen molar-refractivity contribution in [2.45, 2.75) is 65.5 Å². The Bertz CT molecular complexity index is 1410. The van der Waals surface area contributed by atoms with E-state index in [1.807, 2.05) is 80.6 Å². The molecular formula is C33H43N3O4S. The zero-order chi connectivity index (χ0) is 30.2. The average molecular weight is 578 g/mol. The number of sulfonamides is 1. The summed E-state index contributed by atoms with van der Waals surface area (Å²) in [4.78, 5) is 29.3. The van der Waals surface area contributed by atoms with Gasteiger partial charge in [0.25, 0.3) is 0 Å². The standard InChI is InChI=1S/C33H43N3O4S/c1-7-21-34-32(38)30(22-26-14-9-8-10-15-26)35(23-27-16-12-11-13-25(27)2)31(37)24-36(41(6,39)40)29-19-17-28(18-20-29)33(3,4)5/h8-20,30H,7,21-24H2,1-6H3,(H,34,38)/t30-/m0/s1. The van der Waals surface area contributed by atoms with E-state index >= 15 is 0 Å². The molecular weight excluding hydrogens is 534 g/mol. The van der Waals surface area contributed by atoms with Crippen LogP contribution < -0.4 is 9.62 Å². The monoisotopic (exact) mass is 577 g/mol. The second-order valence-corrected chi connectivity index (χ2v) is 13.4. The van der Waals surface area contributed by atoms with Crippen molar-refractivity contribution >= 4 is 27.5 Å². The summed E-state index contributed by atoms with van der Waals surface area (Å²) in [5.41, 5.74) is 4.13. The Labute approximate surface area is 245 Å². The molecule has 3 aromatic carbocycles. The molecule has 0 aliphatic heterocycles. The number of hydrogen-bond donors (Lipinski definition) is 1. The molecule has 0 radical (unpaired) electrons. The van der Waals surface area contributed by atoms with E-state index in [0.29, 0.717) is 18.7 Å². The molecule has 3 aromatic rings. The van der Waals surface area contributed by atoms with Crippen molar-refractivity contribution in [3.63, 3.8) is 0 Å². The average Bonchev–Trinajstić information content (AvgIpc) is 2.92. The zero-order valence-corrected chi connectivity index (χ0v) is 25.9. The van der Waals surface area contributed by atoms with Crippen LogP contribution in [0.3, 0.4) is 0 Å². The van der Waals surface area contributed by atoms with Crippen LogP contribution in [0.5, 0.6) is 0 Å². The highest BCUT2D eigenvalue weighted by molar-refractivity contribution is 7.92. The van der Waals surface area contributed by atoms with Crippen LogP contribution in [0.2, 0.25) is 0 Å². The Morgan fingerprint density at radius 1 is 0.902 bits per heavy atom. The van der Waals surface area contributed by atoms with Gasteiger partial charge in [0.2, 0.25) is 21.8 Å². The van der Waals surface area contributed by atoms with E-state index in [2.05, 4.69) is 26.1 Å². The summed E-state index contributed by atoms with van der Waals surface area (Å²) in [5, 5.41) is 2.96. The van der Waals surface area contributed by atoms with Crippen LogP contribution in [-0.2, 0) is 38.0 Å². The second kappa shape index (κ2) is 13.8. The fraction of sp³-hybridized carbons (Fsp3) is 0.394. The highest BCUT2D eigenvalue weighted by Crippen LogP contribution is 2.26. The van der Waals surface area contributed by atoms with Crippen LogP contribution in [0.4, 0.5) is 5.69 Å². The summed E-state index contributed by atoms with van der Waals surface area (Å²) in [6.07, 6.45) is 2.15. The molecule has 0 unspecified atom stereocenters. The molecule has 0 fully saturated rings. The van der Waals surface area contributed by atoms with Crippen molar-refractivity contribution in [3.8, 4) is 0 Å². The normalized spacial score (nSPS) is 12.4. The van der Waals surface area contributed by atoms with Crippen LogP contribution in [0.15, 0.2) is 78.9 Å². The van der Waals surface area contributed by atoms with Gasteiger partial charge >= 0.3 is 0 Å². The van der Waals surface area contributed by atoms with Gasteiger partial charge in [-0.2, -0.15) is 0 Å². The van der Waals surface area contributed by atoms with Gasteiger partial charge in [0.05, 0.1) is 11.9 Å². The summed E-state index contributed by atoms with van der Waals surface area (Å²) in [6, 6.07) is 23.7. The Balaban J connectivity index is 2.04. The Kier molecular flexibility index (Phi) is 10.7. The van der Waals surface area contributed by atoms with Crippen LogP contribution in [0.25, 0.3) is 0 Å². The van der Waals surface area contributed by atoms with Crippen LogP contribution in [0, 0.1) is 6.92 Å². The third kappa shape index (κ3) is 8.92. The van der Waals surface area contributed by atoms with Gasteiger partial charge in [-0.05, 0) is 53.1 Å². The van der Waals surface area contributed by atoms with E-state index in [1.54, 1.807) is 12.1 Å². The fourth-order valence-electron chi connectivity index (χ4n) is 4.63. The molecule has 7 nitrogen and oxygen atoms in total. The number of nitrogens with one attached hydrogen (secondary N) is 1. The summed E-state index contributed by atoms with van der Waals surface area (Å²) < 4.78 is 27.1. The van der Waals surface area contributed by atoms with E-state index < -0.39 is 28.5 Å². The SMILES string of the molecule is CCCNC(=O)[C@H](Cc1ccccc1)N(Cc1ccccc1C)C(=O)CN(c1ccc(C(C)(C)C)cc1)S(C)(=O)=O. The lowest BCUT2D eigenvalue weighted by molar-refractivity contribution is -0.140. The smallest absolute Gasteiger partial charge is 0.244 e. The van der Waals surface area contributed by atoms with Gasteiger partial charge in [-0.3, -0.25) is 13.9 Å². The predicted molar refractivity (Wildman–Crippen MR) is 166 cm³/mol. The van der Waals surface area contributed by atoms with Gasteiger partial charge in [-0.1, -0.05) is 94.4 Å². The molecule has 0 heterocycles. The fourth-order valence-corrected chi connectivity index (χ4v) is 5.48. The van der Waals surface area contributed by atoms with E-state index in [0.717, 1.165) is 39.2 Å². The molecule has 8 heteroatoms. The van der Waals surface area contributed by atoms with Gasteiger partial charge in [-0.15, -0.1) is 0 Å². The van der Waals surface area contributed by atoms with Crippen LogP contribution in [0.1, 0.15) is 56.4 Å². The molecule has 0 aliphatic carbocycles. The number of rotatable bonds is 12. The van der Waals surface area contributed by atoms with Crippen molar-refractivity contribution in [1.82, 2.24) is 10.2 Å². The first-order valence-corrected chi connectivity index (χ1v) is 15.9. The maximum atomic E-state index is 14.2. The van der Waals surface area contributed by atoms with Crippen molar-refractivity contribution in [2.24, 2.45) is 0 Å². The quantitative estimate of drug-likeness (QED) is 0.320. The maximum absolute atomic E-state index is 14.2. The number of carbonyl (C=O) groups is 2. The molecule has 1 N–H and O–H groups in total. The first-order valence-electron chi connectivity index (χ1n) is 14.0. The molecule has 3 rings (SSSR count). The predicted octanol–water partition coefficient (Wildman–Crippen LogP) is 5.22. The lowest BCUT2D eigenvalue weighted by atomic mass is 9.87. The van der Waals surface area contributed by atoms with Gasteiger partial charge in [0.1, 0.15) is 12.6 Å². The minimum atomic E-state index is -3.81. The first-order chi connectivity index (χ1) is 19.3. The second-order valence-electron chi connectivity index (χ2n) is 11.5. The number of anilines is 1. The van der Waals surface area contributed by atoms with E-state index in [-0.39, 0.29) is 17.9 Å². The molecule has 0 saturated carbocycles. The molecule has 0 saturated heterocycles. The third-order valence-corrected chi connectivity index (χ3v) is 8.26. The molecule has 0 aromatic heterocycles. The lowest BCUT2D eigenvalue weighted by Gasteiger charge is -2.34. The van der Waals surface area contributed by atoms with Crippen molar-refractivity contribution < 1.29 is 18.0 Å². The Morgan fingerprint density at radius 2 is 1.51 bits per heavy atom. The van der Waals surface area contributed by atoms with E-state index in [9.17, 15) is 18.0 Å². The highest BCUT2D eigenvalue weighted by Gasteiger charge is 2.33. The largest absolute Gasteiger partial charge is 0.354 e. The van der Waals surface area contributed by atoms with Crippen molar-refractivity contribution in [1.29, 1.82) is 0 Å².